The molecule has 0 radical (unpaired) electrons. The third kappa shape index (κ3) is 2.98. The zero-order valence-corrected chi connectivity index (χ0v) is 12.3. The van der Waals surface area contributed by atoms with Crippen LogP contribution in [0.1, 0.15) is 24.6 Å². The van der Waals surface area contributed by atoms with Crippen LogP contribution in [-0.2, 0) is 21.2 Å². The van der Waals surface area contributed by atoms with Gasteiger partial charge in [0.25, 0.3) is 10.0 Å². The van der Waals surface area contributed by atoms with E-state index in [1.54, 1.807) is 6.07 Å². The molecule has 0 amide bonds. The quantitative estimate of drug-likeness (QED) is 0.920. The van der Waals surface area contributed by atoms with Crippen molar-refractivity contribution in [1.82, 2.24) is 4.31 Å². The molecule has 106 valence electrons. The van der Waals surface area contributed by atoms with E-state index in [1.165, 1.54) is 15.6 Å². The average molecular weight is 303 g/mol. The van der Waals surface area contributed by atoms with Crippen LogP contribution in [0.2, 0.25) is 0 Å². The van der Waals surface area contributed by atoms with Gasteiger partial charge in [-0.1, -0.05) is 6.92 Å². The Morgan fingerprint density at radius 3 is 2.53 bits per heavy atom. The Balaban J connectivity index is 2.11. The van der Waals surface area contributed by atoms with Crippen LogP contribution in [0.3, 0.4) is 0 Å². The molecule has 0 spiro atoms. The molecule has 0 unspecified atom stereocenters. The van der Waals surface area contributed by atoms with E-state index in [0.29, 0.717) is 30.1 Å². The molecule has 0 aliphatic carbocycles. The summed E-state index contributed by atoms with van der Waals surface area (Å²) < 4.78 is 26.5. The minimum Gasteiger partial charge on any atom is -0.481 e. The van der Waals surface area contributed by atoms with Crippen molar-refractivity contribution in [2.45, 2.75) is 30.4 Å². The molecule has 2 rings (SSSR count). The SMILES string of the molecule is CCc1ccc(S(=O)(=O)N2CCC(C(=O)O)CC2)s1. The number of carbonyl (C=O) groups is 1. The molecule has 1 saturated heterocycles. The van der Waals surface area contributed by atoms with Crippen molar-refractivity contribution >= 4 is 27.3 Å². The van der Waals surface area contributed by atoms with Gasteiger partial charge in [0.2, 0.25) is 0 Å². The average Bonchev–Trinajstić information content (AvgIpc) is 2.88. The van der Waals surface area contributed by atoms with Gasteiger partial charge in [-0.05, 0) is 31.4 Å². The topological polar surface area (TPSA) is 74.7 Å². The van der Waals surface area contributed by atoms with Gasteiger partial charge in [-0.15, -0.1) is 11.3 Å². The Bertz CT molecular complexity index is 556. The summed E-state index contributed by atoms with van der Waals surface area (Å²) in [5, 5.41) is 8.91. The fourth-order valence-electron chi connectivity index (χ4n) is 2.16. The Morgan fingerprint density at radius 1 is 1.42 bits per heavy atom. The van der Waals surface area contributed by atoms with Crippen LogP contribution in [0.4, 0.5) is 0 Å². The predicted molar refractivity (Wildman–Crippen MR) is 72.8 cm³/mol. The lowest BCUT2D eigenvalue weighted by atomic mass is 9.99. The van der Waals surface area contributed by atoms with Crippen LogP contribution in [0, 0.1) is 5.92 Å². The second kappa shape index (κ2) is 5.60. The third-order valence-electron chi connectivity index (χ3n) is 3.38. The van der Waals surface area contributed by atoms with Crippen molar-refractivity contribution in [3.05, 3.63) is 17.0 Å². The van der Waals surface area contributed by atoms with E-state index in [9.17, 15) is 13.2 Å². The molecule has 0 bridgehead atoms. The number of thiophene rings is 1. The van der Waals surface area contributed by atoms with Gasteiger partial charge in [-0.3, -0.25) is 4.79 Å². The molecule has 7 heteroatoms. The predicted octanol–water partition coefficient (Wildman–Crippen LogP) is 1.80. The van der Waals surface area contributed by atoms with E-state index in [4.69, 9.17) is 5.11 Å². The van der Waals surface area contributed by atoms with Gasteiger partial charge in [0.1, 0.15) is 4.21 Å². The number of nitrogens with zero attached hydrogens (tertiary/aromatic N) is 1. The number of aliphatic carboxylic acids is 1. The number of rotatable bonds is 4. The minimum atomic E-state index is -3.44. The summed E-state index contributed by atoms with van der Waals surface area (Å²) in [6.45, 7) is 2.57. The first kappa shape index (κ1) is 14.5. The number of carboxylic acids is 1. The monoisotopic (exact) mass is 303 g/mol. The molecule has 0 saturated carbocycles. The summed E-state index contributed by atoms with van der Waals surface area (Å²) in [4.78, 5) is 11.9. The molecule has 0 aromatic carbocycles. The molecule has 1 fully saturated rings. The highest BCUT2D eigenvalue weighted by atomic mass is 32.2. The van der Waals surface area contributed by atoms with Crippen LogP contribution in [-0.4, -0.2) is 36.9 Å². The Kier molecular flexibility index (Phi) is 4.27. The van der Waals surface area contributed by atoms with Crippen molar-refractivity contribution < 1.29 is 18.3 Å². The van der Waals surface area contributed by atoms with Gasteiger partial charge >= 0.3 is 5.97 Å². The number of aryl methyl sites for hydroxylation is 1. The summed E-state index contributed by atoms with van der Waals surface area (Å²) in [6, 6.07) is 3.48. The van der Waals surface area contributed by atoms with Crippen LogP contribution in [0.25, 0.3) is 0 Å². The lowest BCUT2D eigenvalue weighted by Gasteiger charge is -2.28. The van der Waals surface area contributed by atoms with E-state index in [2.05, 4.69) is 0 Å². The lowest BCUT2D eigenvalue weighted by molar-refractivity contribution is -0.142. The Labute approximate surface area is 116 Å². The van der Waals surface area contributed by atoms with Crippen LogP contribution < -0.4 is 0 Å². The van der Waals surface area contributed by atoms with Crippen molar-refractivity contribution in [2.24, 2.45) is 5.92 Å². The number of piperidine rings is 1. The molecular formula is C12H17NO4S2. The van der Waals surface area contributed by atoms with E-state index >= 15 is 0 Å². The van der Waals surface area contributed by atoms with Crippen LogP contribution in [0.15, 0.2) is 16.3 Å². The summed E-state index contributed by atoms with van der Waals surface area (Å²) >= 11 is 1.29. The van der Waals surface area contributed by atoms with Crippen molar-refractivity contribution in [1.29, 1.82) is 0 Å². The van der Waals surface area contributed by atoms with Gasteiger partial charge in [-0.25, -0.2) is 8.42 Å². The summed E-state index contributed by atoms with van der Waals surface area (Å²) in [5.41, 5.74) is 0. The zero-order chi connectivity index (χ0) is 14.0. The van der Waals surface area contributed by atoms with Gasteiger partial charge in [0, 0.05) is 18.0 Å². The number of hydrogen-bond donors (Lipinski definition) is 1. The van der Waals surface area contributed by atoms with Crippen molar-refractivity contribution in [3.63, 3.8) is 0 Å². The molecule has 5 nitrogen and oxygen atoms in total. The Hall–Kier alpha value is -0.920. The zero-order valence-electron chi connectivity index (χ0n) is 10.7. The fraction of sp³-hybridized carbons (Fsp3) is 0.583. The Morgan fingerprint density at radius 2 is 2.05 bits per heavy atom. The van der Waals surface area contributed by atoms with Crippen molar-refractivity contribution in [2.75, 3.05) is 13.1 Å². The van der Waals surface area contributed by atoms with E-state index in [-0.39, 0.29) is 0 Å². The maximum absolute atomic E-state index is 12.4. The lowest BCUT2D eigenvalue weighted by Crippen LogP contribution is -2.39. The summed E-state index contributed by atoms with van der Waals surface area (Å²) in [5.74, 6) is -1.25. The van der Waals surface area contributed by atoms with E-state index in [0.717, 1.165) is 11.3 Å². The highest BCUT2D eigenvalue weighted by Gasteiger charge is 2.32. The number of sulfonamides is 1. The molecule has 1 N–H and O–H groups in total. The molecule has 0 atom stereocenters. The fourth-order valence-corrected chi connectivity index (χ4v) is 5.08. The van der Waals surface area contributed by atoms with Gasteiger partial charge in [0.15, 0.2) is 0 Å². The standard InChI is InChI=1S/C12H17NO4S2/c1-2-10-3-4-11(18-10)19(16,17)13-7-5-9(6-8-13)12(14)15/h3-4,9H,2,5-8H2,1H3,(H,14,15). The van der Waals surface area contributed by atoms with Crippen LogP contribution >= 0.6 is 11.3 Å². The highest BCUT2D eigenvalue weighted by molar-refractivity contribution is 7.91. The number of hydrogen-bond acceptors (Lipinski definition) is 4. The van der Waals surface area contributed by atoms with E-state index < -0.39 is 21.9 Å². The molecule has 1 aromatic heterocycles. The normalized spacial score (nSPS) is 18.6. The minimum absolute atomic E-state index is 0.290. The maximum Gasteiger partial charge on any atom is 0.306 e. The smallest absolute Gasteiger partial charge is 0.306 e. The van der Waals surface area contributed by atoms with Crippen LogP contribution in [0.5, 0.6) is 0 Å². The van der Waals surface area contributed by atoms with E-state index in [1.807, 2.05) is 13.0 Å². The highest BCUT2D eigenvalue weighted by Crippen LogP contribution is 2.28. The second-order valence-corrected chi connectivity index (χ2v) is 7.92. The second-order valence-electron chi connectivity index (χ2n) is 4.59. The van der Waals surface area contributed by atoms with Gasteiger partial charge in [-0.2, -0.15) is 4.31 Å². The number of carboxylic acid groups (broad SMARTS) is 1. The first-order valence-electron chi connectivity index (χ1n) is 6.26. The third-order valence-corrected chi connectivity index (χ3v) is 6.98. The first-order chi connectivity index (χ1) is 8.95. The largest absolute Gasteiger partial charge is 0.481 e. The summed E-state index contributed by atoms with van der Waals surface area (Å²) in [7, 11) is -3.44. The first-order valence-corrected chi connectivity index (χ1v) is 8.52. The molecule has 19 heavy (non-hydrogen) atoms. The summed E-state index contributed by atoms with van der Waals surface area (Å²) in [6.07, 6.45) is 1.60. The molecule has 1 aliphatic heterocycles. The van der Waals surface area contributed by atoms with Gasteiger partial charge < -0.3 is 5.11 Å². The van der Waals surface area contributed by atoms with Crippen molar-refractivity contribution in [3.8, 4) is 0 Å². The van der Waals surface area contributed by atoms with Gasteiger partial charge in [0.05, 0.1) is 5.92 Å². The molecule has 1 aliphatic rings. The maximum atomic E-state index is 12.4. The molecule has 1 aromatic rings. The molecular weight excluding hydrogens is 286 g/mol. The molecule has 2 heterocycles.